The predicted octanol–water partition coefficient (Wildman–Crippen LogP) is 6.67. The normalized spacial score (nSPS) is 15.6. The highest BCUT2D eigenvalue weighted by Gasteiger charge is 2.27. The zero-order chi connectivity index (χ0) is 24.2. The van der Waals surface area contributed by atoms with Gasteiger partial charge in [-0.15, -0.1) is 21.5 Å². The number of nitrogens with zero attached hydrogens (tertiary/aromatic N) is 4. The minimum Gasteiger partial charge on any atom is -0.268 e. The molecule has 0 bridgehead atoms. The number of benzene rings is 3. The molecule has 0 fully saturated rings. The van der Waals surface area contributed by atoms with E-state index >= 15 is 0 Å². The third-order valence-electron chi connectivity index (χ3n) is 7.18. The summed E-state index contributed by atoms with van der Waals surface area (Å²) in [6.45, 7) is 2.30. The lowest BCUT2D eigenvalue weighted by Gasteiger charge is -2.17. The van der Waals surface area contributed by atoms with Crippen LogP contribution in [-0.2, 0) is 18.6 Å². The van der Waals surface area contributed by atoms with Gasteiger partial charge in [0.1, 0.15) is 4.83 Å². The van der Waals surface area contributed by atoms with E-state index in [1.165, 1.54) is 26.8 Å². The van der Waals surface area contributed by atoms with Gasteiger partial charge in [-0.25, -0.2) is 8.97 Å². The van der Waals surface area contributed by atoms with Crippen molar-refractivity contribution in [3.63, 3.8) is 0 Å². The standard InChI is InChI=1S/C29H24N4OS2/c1-18-14-15-23-24(16-18)36-27-25(23)26(34)32(21-11-3-2-4-12-21)28-30-31-29(33(27)28)35-17-20-10-7-9-19-8-5-6-13-22(19)20/h2-13,18H,14-17H2,1H3. The zero-order valence-electron chi connectivity index (χ0n) is 19.8. The van der Waals surface area contributed by atoms with Crippen molar-refractivity contribution in [2.75, 3.05) is 0 Å². The molecule has 178 valence electrons. The summed E-state index contributed by atoms with van der Waals surface area (Å²) in [5.41, 5.74) is 3.32. The van der Waals surface area contributed by atoms with Crippen LogP contribution in [-0.4, -0.2) is 19.2 Å². The summed E-state index contributed by atoms with van der Waals surface area (Å²) < 4.78 is 3.86. The molecule has 0 aliphatic heterocycles. The first kappa shape index (κ1) is 21.8. The Morgan fingerprint density at radius 3 is 2.69 bits per heavy atom. The molecule has 1 unspecified atom stereocenters. The van der Waals surface area contributed by atoms with Crippen LogP contribution in [0.25, 0.3) is 32.5 Å². The third-order valence-corrected chi connectivity index (χ3v) is 9.40. The number of fused-ring (bicyclic) bond motifs is 6. The summed E-state index contributed by atoms with van der Waals surface area (Å²) >= 11 is 3.43. The van der Waals surface area contributed by atoms with Crippen molar-refractivity contribution < 1.29 is 0 Å². The van der Waals surface area contributed by atoms with Crippen LogP contribution in [0.4, 0.5) is 0 Å². The van der Waals surface area contributed by atoms with Crippen molar-refractivity contribution in [2.24, 2.45) is 5.92 Å². The maximum atomic E-state index is 14.0. The van der Waals surface area contributed by atoms with E-state index in [9.17, 15) is 4.79 Å². The number of rotatable bonds is 4. The molecule has 0 N–H and O–H groups in total. The Balaban J connectivity index is 1.44. The molecule has 1 atom stereocenters. The number of hydrogen-bond donors (Lipinski definition) is 0. The number of aromatic nitrogens is 4. The molecule has 5 nitrogen and oxygen atoms in total. The lowest BCUT2D eigenvalue weighted by atomic mass is 9.89. The summed E-state index contributed by atoms with van der Waals surface area (Å²) in [5.74, 6) is 1.99. The Kier molecular flexibility index (Phi) is 5.22. The number of para-hydroxylation sites is 1. The van der Waals surface area contributed by atoms with Gasteiger partial charge in [0.25, 0.3) is 5.56 Å². The lowest BCUT2D eigenvalue weighted by molar-refractivity contribution is 0.509. The van der Waals surface area contributed by atoms with Crippen molar-refractivity contribution in [1.82, 2.24) is 19.2 Å². The second-order valence-corrected chi connectivity index (χ2v) is 11.6. The van der Waals surface area contributed by atoms with E-state index in [4.69, 9.17) is 0 Å². The van der Waals surface area contributed by atoms with Crippen molar-refractivity contribution in [1.29, 1.82) is 0 Å². The zero-order valence-corrected chi connectivity index (χ0v) is 21.5. The molecular weight excluding hydrogens is 484 g/mol. The summed E-state index contributed by atoms with van der Waals surface area (Å²) in [6.07, 6.45) is 3.10. The van der Waals surface area contributed by atoms with Gasteiger partial charge in [0.2, 0.25) is 5.78 Å². The quantitative estimate of drug-likeness (QED) is 0.250. The molecule has 7 rings (SSSR count). The fourth-order valence-electron chi connectivity index (χ4n) is 5.37. The molecule has 0 spiro atoms. The van der Waals surface area contributed by atoms with Gasteiger partial charge in [0, 0.05) is 10.6 Å². The Morgan fingerprint density at radius 2 is 1.81 bits per heavy atom. The van der Waals surface area contributed by atoms with Crippen LogP contribution >= 0.6 is 23.1 Å². The van der Waals surface area contributed by atoms with Crippen LogP contribution in [0, 0.1) is 5.92 Å². The SMILES string of the molecule is CC1CCc2c(sc3c2c(=O)n(-c2ccccc2)c2nnc(SCc4cccc5ccccc45)n32)C1. The van der Waals surface area contributed by atoms with E-state index in [1.54, 1.807) is 27.7 Å². The molecule has 3 heterocycles. The largest absolute Gasteiger partial charge is 0.268 e. The Hall–Kier alpha value is -3.42. The first-order chi connectivity index (χ1) is 17.7. The van der Waals surface area contributed by atoms with E-state index in [0.29, 0.717) is 11.7 Å². The lowest BCUT2D eigenvalue weighted by Crippen LogP contribution is -2.22. The molecule has 0 amide bonds. The van der Waals surface area contributed by atoms with Crippen molar-refractivity contribution in [3.05, 3.63) is 99.2 Å². The molecule has 0 saturated heterocycles. The number of hydrogen-bond acceptors (Lipinski definition) is 5. The van der Waals surface area contributed by atoms with Gasteiger partial charge in [-0.1, -0.05) is 79.3 Å². The average molecular weight is 509 g/mol. The molecule has 6 aromatic rings. The molecule has 36 heavy (non-hydrogen) atoms. The number of aryl methyl sites for hydroxylation is 1. The number of thiophene rings is 1. The smallest absolute Gasteiger partial charge is 0.268 e. The minimum atomic E-state index is 0.00811. The fraction of sp³-hybridized carbons (Fsp3) is 0.207. The van der Waals surface area contributed by atoms with Crippen molar-refractivity contribution in [3.8, 4) is 5.69 Å². The van der Waals surface area contributed by atoms with Gasteiger partial charge in [-0.05, 0) is 59.2 Å². The molecule has 1 aliphatic rings. The molecule has 1 aliphatic carbocycles. The Labute approximate surface area is 216 Å². The molecular formula is C29H24N4OS2. The molecule has 0 saturated carbocycles. The molecule has 0 radical (unpaired) electrons. The maximum Gasteiger partial charge on any atom is 0.268 e. The molecule has 3 aromatic heterocycles. The van der Waals surface area contributed by atoms with Gasteiger partial charge < -0.3 is 0 Å². The summed E-state index contributed by atoms with van der Waals surface area (Å²) in [5, 5.41) is 13.3. The minimum absolute atomic E-state index is 0.00811. The van der Waals surface area contributed by atoms with Crippen LogP contribution in [0.1, 0.15) is 29.3 Å². The highest BCUT2D eigenvalue weighted by molar-refractivity contribution is 7.98. The van der Waals surface area contributed by atoms with Crippen LogP contribution < -0.4 is 5.56 Å². The number of thioether (sulfide) groups is 1. The van der Waals surface area contributed by atoms with E-state index in [2.05, 4.69) is 64.0 Å². The van der Waals surface area contributed by atoms with Gasteiger partial charge in [0.05, 0.1) is 11.1 Å². The van der Waals surface area contributed by atoms with Gasteiger partial charge in [-0.3, -0.25) is 4.79 Å². The van der Waals surface area contributed by atoms with Crippen molar-refractivity contribution >= 4 is 49.9 Å². The summed E-state index contributed by atoms with van der Waals surface area (Å²) in [7, 11) is 0. The van der Waals surface area contributed by atoms with Crippen LogP contribution in [0.3, 0.4) is 0 Å². The van der Waals surface area contributed by atoms with E-state index in [0.717, 1.165) is 46.1 Å². The first-order valence-corrected chi connectivity index (χ1v) is 14.1. The topological polar surface area (TPSA) is 52.2 Å². The van der Waals surface area contributed by atoms with E-state index < -0.39 is 0 Å². The predicted molar refractivity (Wildman–Crippen MR) is 149 cm³/mol. The van der Waals surface area contributed by atoms with Gasteiger partial charge >= 0.3 is 0 Å². The second kappa shape index (κ2) is 8.61. The van der Waals surface area contributed by atoms with E-state index in [1.807, 2.05) is 30.3 Å². The second-order valence-electron chi connectivity index (χ2n) is 9.55. The molecule has 3 aromatic carbocycles. The van der Waals surface area contributed by atoms with Crippen LogP contribution in [0.15, 0.2) is 82.7 Å². The highest BCUT2D eigenvalue weighted by atomic mass is 32.2. The highest BCUT2D eigenvalue weighted by Crippen LogP contribution is 2.38. The van der Waals surface area contributed by atoms with Crippen LogP contribution in [0.5, 0.6) is 0 Å². The average Bonchev–Trinajstić information content (AvgIpc) is 3.49. The molecule has 7 heteroatoms. The summed E-state index contributed by atoms with van der Waals surface area (Å²) in [4.78, 5) is 16.3. The third kappa shape index (κ3) is 3.41. The summed E-state index contributed by atoms with van der Waals surface area (Å²) in [6, 6.07) is 24.7. The van der Waals surface area contributed by atoms with Crippen molar-refractivity contribution in [2.45, 2.75) is 37.1 Å². The monoisotopic (exact) mass is 508 g/mol. The maximum absolute atomic E-state index is 14.0. The Bertz CT molecular complexity index is 1810. The van der Waals surface area contributed by atoms with Gasteiger partial charge in [-0.2, -0.15) is 0 Å². The fourth-order valence-corrected chi connectivity index (χ4v) is 7.86. The first-order valence-electron chi connectivity index (χ1n) is 12.3. The van der Waals surface area contributed by atoms with E-state index in [-0.39, 0.29) is 5.56 Å². The Morgan fingerprint density at radius 1 is 1.00 bits per heavy atom. The van der Waals surface area contributed by atoms with Crippen LogP contribution in [0.2, 0.25) is 0 Å². The van der Waals surface area contributed by atoms with Gasteiger partial charge in [0.15, 0.2) is 5.16 Å².